The molecule has 0 saturated carbocycles. The van der Waals surface area contributed by atoms with Gasteiger partial charge in [-0.3, -0.25) is 9.11 Å². The molecule has 10 nitrogen and oxygen atoms in total. The fourth-order valence-electron chi connectivity index (χ4n) is 1.30. The first-order valence-electron chi connectivity index (χ1n) is 5.04. The summed E-state index contributed by atoms with van der Waals surface area (Å²) in [6.07, 6.45) is 0. The molecule has 1 rings (SSSR count). The van der Waals surface area contributed by atoms with Crippen LogP contribution in [-0.4, -0.2) is 46.7 Å². The smallest absolute Gasteiger partial charge is 0.397 e. The largest absolute Gasteiger partial charge is 0.398 e. The number of rotatable bonds is 6. The standard InChI is InChI=1S/C8H11NO9S3/c9-7-2-1-6(20(12,13)14)5-8(7)19(10,11)4-3-18-21(15,16)17/h1-2,5H,3-4,9H2,(H,12,13,14)(H,15,16,17). The number of hydrogen-bond acceptors (Lipinski definition) is 8. The molecule has 0 bridgehead atoms. The van der Waals surface area contributed by atoms with Crippen molar-refractivity contribution in [3.63, 3.8) is 0 Å². The molecule has 4 N–H and O–H groups in total. The molecule has 0 aliphatic heterocycles. The number of benzene rings is 1. The minimum atomic E-state index is -4.80. The molecule has 0 fully saturated rings. The zero-order valence-corrected chi connectivity index (χ0v) is 12.7. The lowest BCUT2D eigenvalue weighted by Crippen LogP contribution is -2.17. The van der Waals surface area contributed by atoms with Gasteiger partial charge in [-0.2, -0.15) is 16.8 Å². The summed E-state index contributed by atoms with van der Waals surface area (Å²) in [4.78, 5) is -1.30. The van der Waals surface area contributed by atoms with Crippen LogP contribution in [0.4, 0.5) is 5.69 Å². The monoisotopic (exact) mass is 361 g/mol. The lowest BCUT2D eigenvalue weighted by atomic mass is 10.3. The maximum Gasteiger partial charge on any atom is 0.397 e. The van der Waals surface area contributed by atoms with Crippen LogP contribution in [0.25, 0.3) is 0 Å². The van der Waals surface area contributed by atoms with Crippen molar-refractivity contribution in [3.8, 4) is 0 Å². The summed E-state index contributed by atoms with van der Waals surface area (Å²) >= 11 is 0. The molecule has 0 aromatic heterocycles. The molecule has 0 aliphatic carbocycles. The number of hydrogen-bond donors (Lipinski definition) is 3. The molecule has 0 spiro atoms. The third-order valence-electron chi connectivity index (χ3n) is 2.20. The van der Waals surface area contributed by atoms with Crippen LogP contribution in [0.1, 0.15) is 0 Å². The van der Waals surface area contributed by atoms with Gasteiger partial charge in [-0.25, -0.2) is 12.6 Å². The highest BCUT2D eigenvalue weighted by molar-refractivity contribution is 7.91. The van der Waals surface area contributed by atoms with Gasteiger partial charge < -0.3 is 5.73 Å². The van der Waals surface area contributed by atoms with Crippen molar-refractivity contribution in [2.75, 3.05) is 18.1 Å². The Morgan fingerprint density at radius 2 is 1.62 bits per heavy atom. The van der Waals surface area contributed by atoms with E-state index in [1.165, 1.54) is 0 Å². The highest BCUT2D eigenvalue weighted by Gasteiger charge is 2.22. The Morgan fingerprint density at radius 3 is 2.10 bits per heavy atom. The van der Waals surface area contributed by atoms with Crippen molar-refractivity contribution in [2.24, 2.45) is 0 Å². The summed E-state index contributed by atoms with van der Waals surface area (Å²) < 4.78 is 87.4. The molecule has 21 heavy (non-hydrogen) atoms. The molecule has 13 heteroatoms. The van der Waals surface area contributed by atoms with Gasteiger partial charge in [-0.05, 0) is 18.2 Å². The van der Waals surface area contributed by atoms with E-state index in [0.29, 0.717) is 6.07 Å². The molecule has 120 valence electrons. The zero-order chi connectivity index (χ0) is 16.5. The van der Waals surface area contributed by atoms with Gasteiger partial charge in [0.15, 0.2) is 9.84 Å². The van der Waals surface area contributed by atoms with E-state index in [1.54, 1.807) is 0 Å². The van der Waals surface area contributed by atoms with Crippen LogP contribution < -0.4 is 5.73 Å². The molecule has 0 atom stereocenters. The summed E-state index contributed by atoms with van der Waals surface area (Å²) in [6.45, 7) is -0.892. The molecule has 1 aromatic carbocycles. The fraction of sp³-hybridized carbons (Fsp3) is 0.250. The third-order valence-corrected chi connectivity index (χ3v) is 5.24. The van der Waals surface area contributed by atoms with Crippen LogP contribution in [0.3, 0.4) is 0 Å². The summed E-state index contributed by atoms with van der Waals surface area (Å²) in [5.74, 6) is -0.883. The SMILES string of the molecule is Nc1ccc(S(=O)(=O)O)cc1S(=O)(=O)CCOS(=O)(=O)O. The average molecular weight is 361 g/mol. The van der Waals surface area contributed by atoms with Gasteiger partial charge in [0, 0.05) is 0 Å². The quantitative estimate of drug-likeness (QED) is 0.425. The van der Waals surface area contributed by atoms with E-state index < -0.39 is 52.5 Å². The number of nitrogens with two attached hydrogens (primary N) is 1. The topological polar surface area (TPSA) is 178 Å². The Labute approximate surface area is 121 Å². The summed E-state index contributed by atoms with van der Waals surface area (Å²) in [6, 6.07) is 2.49. The van der Waals surface area contributed by atoms with Gasteiger partial charge in [0.05, 0.1) is 27.8 Å². The predicted octanol–water partition coefficient (Wildman–Crippen LogP) is -0.891. The van der Waals surface area contributed by atoms with Gasteiger partial charge in [0.25, 0.3) is 10.1 Å². The first kappa shape index (κ1) is 17.8. The predicted molar refractivity (Wildman–Crippen MR) is 70.2 cm³/mol. The summed E-state index contributed by atoms with van der Waals surface area (Å²) in [5, 5.41) is 0. The second-order valence-electron chi connectivity index (χ2n) is 3.74. The van der Waals surface area contributed by atoms with Crippen LogP contribution in [0.15, 0.2) is 28.0 Å². The first-order valence-corrected chi connectivity index (χ1v) is 9.50. The molecule has 0 radical (unpaired) electrons. The van der Waals surface area contributed by atoms with Crippen molar-refractivity contribution in [1.29, 1.82) is 0 Å². The van der Waals surface area contributed by atoms with E-state index in [0.717, 1.165) is 12.1 Å². The van der Waals surface area contributed by atoms with Crippen LogP contribution >= 0.6 is 0 Å². The Hall–Kier alpha value is -1.25. The van der Waals surface area contributed by atoms with Gasteiger partial charge in [0.1, 0.15) is 0 Å². The van der Waals surface area contributed by atoms with Crippen LogP contribution in [0, 0.1) is 0 Å². The van der Waals surface area contributed by atoms with E-state index in [1.807, 2.05) is 0 Å². The summed E-state index contributed by atoms with van der Waals surface area (Å²) in [5.41, 5.74) is 5.12. The maximum absolute atomic E-state index is 11.9. The van der Waals surface area contributed by atoms with Gasteiger partial charge >= 0.3 is 10.4 Å². The summed E-state index contributed by atoms with van der Waals surface area (Å²) in [7, 11) is -13.6. The molecule has 1 aromatic rings. The van der Waals surface area contributed by atoms with Crippen molar-refractivity contribution >= 4 is 36.0 Å². The first-order chi connectivity index (χ1) is 9.33. The molecule has 0 saturated heterocycles. The van der Waals surface area contributed by atoms with Crippen molar-refractivity contribution < 1.29 is 38.5 Å². The van der Waals surface area contributed by atoms with Crippen molar-refractivity contribution in [2.45, 2.75) is 9.79 Å². The van der Waals surface area contributed by atoms with E-state index in [4.69, 9.17) is 14.8 Å². The fourth-order valence-corrected chi connectivity index (χ4v) is 3.54. The van der Waals surface area contributed by atoms with Gasteiger partial charge in [-0.1, -0.05) is 0 Å². The Bertz CT molecular complexity index is 839. The third kappa shape index (κ3) is 5.22. The molecular weight excluding hydrogens is 350 g/mol. The molecule has 0 unspecified atom stereocenters. The minimum Gasteiger partial charge on any atom is -0.398 e. The Morgan fingerprint density at radius 1 is 1.05 bits per heavy atom. The van der Waals surface area contributed by atoms with Crippen molar-refractivity contribution in [1.82, 2.24) is 0 Å². The Balaban J connectivity index is 3.14. The lowest BCUT2D eigenvalue weighted by molar-refractivity contribution is 0.284. The normalized spacial score (nSPS) is 13.2. The highest BCUT2D eigenvalue weighted by atomic mass is 32.3. The second-order valence-corrected chi connectivity index (χ2v) is 8.33. The van der Waals surface area contributed by atoms with Gasteiger partial charge in [0.2, 0.25) is 0 Å². The highest BCUT2D eigenvalue weighted by Crippen LogP contribution is 2.23. The number of nitrogen functional groups attached to an aromatic ring is 1. The zero-order valence-electron chi connectivity index (χ0n) is 10.2. The Kier molecular flexibility index (Phi) is 4.97. The second kappa shape index (κ2) is 5.86. The number of anilines is 1. The van der Waals surface area contributed by atoms with Crippen LogP contribution in [0.5, 0.6) is 0 Å². The van der Waals surface area contributed by atoms with E-state index in [-0.39, 0.29) is 5.69 Å². The van der Waals surface area contributed by atoms with E-state index in [2.05, 4.69) is 4.18 Å². The average Bonchev–Trinajstić information content (AvgIpc) is 2.25. The molecule has 0 heterocycles. The van der Waals surface area contributed by atoms with Gasteiger partial charge in [-0.15, -0.1) is 0 Å². The van der Waals surface area contributed by atoms with Crippen molar-refractivity contribution in [3.05, 3.63) is 18.2 Å². The minimum absolute atomic E-state index is 0.297. The van der Waals surface area contributed by atoms with E-state index in [9.17, 15) is 25.3 Å². The molecular formula is C8H11NO9S3. The van der Waals surface area contributed by atoms with Crippen LogP contribution in [-0.2, 0) is 34.5 Å². The number of sulfone groups is 1. The molecule has 0 amide bonds. The van der Waals surface area contributed by atoms with Crippen LogP contribution in [0.2, 0.25) is 0 Å². The molecule has 0 aliphatic rings. The lowest BCUT2D eigenvalue weighted by Gasteiger charge is -2.08. The van der Waals surface area contributed by atoms with E-state index >= 15 is 0 Å². The maximum atomic E-state index is 11.9.